The number of pyridine rings is 1. The molecular formula is C15H23N3O2. The van der Waals surface area contributed by atoms with Gasteiger partial charge in [0.25, 0.3) is 0 Å². The van der Waals surface area contributed by atoms with Crippen LogP contribution in [-0.2, 0) is 4.79 Å². The maximum atomic E-state index is 12.5. The van der Waals surface area contributed by atoms with E-state index in [1.54, 1.807) is 12.3 Å². The van der Waals surface area contributed by atoms with Crippen molar-refractivity contribution >= 4 is 11.6 Å². The molecule has 1 aliphatic rings. The number of rotatable bonds is 4. The summed E-state index contributed by atoms with van der Waals surface area (Å²) < 4.78 is 5.63. The van der Waals surface area contributed by atoms with E-state index in [2.05, 4.69) is 15.6 Å². The van der Waals surface area contributed by atoms with Crippen molar-refractivity contribution in [1.82, 2.24) is 10.3 Å². The van der Waals surface area contributed by atoms with E-state index in [0.29, 0.717) is 18.1 Å². The van der Waals surface area contributed by atoms with E-state index in [4.69, 9.17) is 4.74 Å². The third-order valence-electron chi connectivity index (χ3n) is 3.51. The van der Waals surface area contributed by atoms with E-state index in [-0.39, 0.29) is 17.4 Å². The van der Waals surface area contributed by atoms with Crippen LogP contribution in [0.5, 0.6) is 5.88 Å². The Morgan fingerprint density at radius 2 is 2.35 bits per heavy atom. The number of hydrogen-bond acceptors (Lipinski definition) is 4. The number of piperidine rings is 1. The number of ether oxygens (including phenoxy) is 1. The molecule has 0 radical (unpaired) electrons. The zero-order valence-corrected chi connectivity index (χ0v) is 12.4. The van der Waals surface area contributed by atoms with Gasteiger partial charge in [0, 0.05) is 12.7 Å². The number of carbonyl (C=O) groups is 1. The van der Waals surface area contributed by atoms with E-state index in [1.165, 1.54) is 0 Å². The highest BCUT2D eigenvalue weighted by Crippen LogP contribution is 2.29. The summed E-state index contributed by atoms with van der Waals surface area (Å²) in [5, 5.41) is 6.24. The first-order chi connectivity index (χ1) is 9.51. The molecule has 0 spiro atoms. The van der Waals surface area contributed by atoms with Gasteiger partial charge in [0.1, 0.15) is 5.69 Å². The van der Waals surface area contributed by atoms with Crippen LogP contribution in [-0.4, -0.2) is 30.1 Å². The number of aromatic nitrogens is 1. The van der Waals surface area contributed by atoms with E-state index < -0.39 is 0 Å². The van der Waals surface area contributed by atoms with Crippen LogP contribution in [0, 0.1) is 5.41 Å². The van der Waals surface area contributed by atoms with Gasteiger partial charge >= 0.3 is 0 Å². The fraction of sp³-hybridized carbons (Fsp3) is 0.600. The molecule has 2 N–H and O–H groups in total. The molecule has 1 unspecified atom stereocenters. The Hall–Kier alpha value is -1.62. The Bertz CT molecular complexity index is 468. The molecule has 1 amide bonds. The normalized spacial score (nSPS) is 22.6. The molecule has 5 nitrogen and oxygen atoms in total. The second kappa shape index (κ2) is 6.22. The third kappa shape index (κ3) is 3.48. The fourth-order valence-corrected chi connectivity index (χ4v) is 2.33. The minimum atomic E-state index is -0.372. The molecule has 1 fully saturated rings. The summed E-state index contributed by atoms with van der Waals surface area (Å²) in [6, 6.07) is 3.62. The Labute approximate surface area is 120 Å². The van der Waals surface area contributed by atoms with Crippen molar-refractivity contribution in [3.05, 3.63) is 18.3 Å². The van der Waals surface area contributed by atoms with Crippen molar-refractivity contribution in [3.8, 4) is 5.88 Å². The van der Waals surface area contributed by atoms with Crippen molar-refractivity contribution in [2.75, 3.05) is 18.4 Å². The van der Waals surface area contributed by atoms with E-state index >= 15 is 0 Å². The number of nitrogens with one attached hydrogen (secondary N) is 2. The monoisotopic (exact) mass is 277 g/mol. The Balaban J connectivity index is 2.11. The molecule has 2 heterocycles. The maximum absolute atomic E-state index is 12.5. The smallest absolute Gasteiger partial charge is 0.238 e. The van der Waals surface area contributed by atoms with Crippen molar-refractivity contribution in [2.24, 2.45) is 5.41 Å². The predicted molar refractivity (Wildman–Crippen MR) is 78.8 cm³/mol. The average Bonchev–Trinajstić information content (AvgIpc) is 2.41. The molecule has 1 aromatic heterocycles. The first kappa shape index (κ1) is 14.8. The van der Waals surface area contributed by atoms with Crippen molar-refractivity contribution in [2.45, 2.75) is 39.7 Å². The third-order valence-corrected chi connectivity index (χ3v) is 3.51. The number of amides is 1. The minimum Gasteiger partial charge on any atom is -0.473 e. The summed E-state index contributed by atoms with van der Waals surface area (Å²) in [6.07, 6.45) is 3.60. The highest BCUT2D eigenvalue weighted by atomic mass is 16.5. The van der Waals surface area contributed by atoms with Gasteiger partial charge in [-0.05, 0) is 52.3 Å². The lowest BCUT2D eigenvalue weighted by molar-refractivity contribution is -0.125. The molecule has 1 saturated heterocycles. The molecule has 5 heteroatoms. The zero-order chi connectivity index (χ0) is 14.6. The van der Waals surface area contributed by atoms with E-state index in [9.17, 15) is 4.79 Å². The quantitative estimate of drug-likeness (QED) is 0.885. The summed E-state index contributed by atoms with van der Waals surface area (Å²) in [5.74, 6) is 0.495. The van der Waals surface area contributed by atoms with Crippen LogP contribution >= 0.6 is 0 Å². The number of anilines is 1. The zero-order valence-electron chi connectivity index (χ0n) is 12.4. The van der Waals surface area contributed by atoms with Crippen LogP contribution in [0.1, 0.15) is 33.6 Å². The minimum absolute atomic E-state index is 0.0197. The summed E-state index contributed by atoms with van der Waals surface area (Å²) in [7, 11) is 0. The van der Waals surface area contributed by atoms with Gasteiger partial charge in [-0.2, -0.15) is 0 Å². The van der Waals surface area contributed by atoms with Crippen LogP contribution in [0.15, 0.2) is 18.3 Å². The van der Waals surface area contributed by atoms with Crippen LogP contribution in [0.2, 0.25) is 0 Å². The Kier molecular flexibility index (Phi) is 4.60. The Morgan fingerprint density at radius 3 is 3.00 bits per heavy atom. The second-order valence-electron chi connectivity index (χ2n) is 5.82. The topological polar surface area (TPSA) is 63.2 Å². The number of hydrogen-bond donors (Lipinski definition) is 2. The van der Waals surface area contributed by atoms with Gasteiger partial charge in [0.05, 0.1) is 11.5 Å². The van der Waals surface area contributed by atoms with E-state index in [0.717, 1.165) is 19.4 Å². The molecule has 0 saturated carbocycles. The molecule has 110 valence electrons. The highest BCUT2D eigenvalue weighted by Gasteiger charge is 2.35. The van der Waals surface area contributed by atoms with Gasteiger partial charge in [0.15, 0.2) is 0 Å². The van der Waals surface area contributed by atoms with Gasteiger partial charge in [-0.3, -0.25) is 4.79 Å². The number of carbonyl (C=O) groups excluding carboxylic acids is 1. The first-order valence-corrected chi connectivity index (χ1v) is 7.15. The standard InChI is InChI=1S/C15H23N3O2/c1-11(2)20-13-12(6-4-9-17-13)18-14(19)15(3)7-5-8-16-10-15/h4,6,9,11,16H,5,7-8,10H2,1-3H3,(H,18,19). The molecule has 1 aromatic rings. The lowest BCUT2D eigenvalue weighted by Crippen LogP contribution is -2.46. The fourth-order valence-electron chi connectivity index (χ4n) is 2.33. The lowest BCUT2D eigenvalue weighted by atomic mass is 9.82. The largest absolute Gasteiger partial charge is 0.473 e. The predicted octanol–water partition coefficient (Wildman–Crippen LogP) is 2.20. The van der Waals surface area contributed by atoms with Gasteiger partial charge < -0.3 is 15.4 Å². The number of nitrogens with zero attached hydrogens (tertiary/aromatic N) is 1. The maximum Gasteiger partial charge on any atom is 0.238 e. The molecule has 20 heavy (non-hydrogen) atoms. The molecule has 1 atom stereocenters. The molecule has 2 rings (SSSR count). The molecule has 0 aromatic carbocycles. The van der Waals surface area contributed by atoms with Crippen LogP contribution in [0.25, 0.3) is 0 Å². The first-order valence-electron chi connectivity index (χ1n) is 7.15. The van der Waals surface area contributed by atoms with Gasteiger partial charge in [-0.1, -0.05) is 0 Å². The average molecular weight is 277 g/mol. The van der Waals surface area contributed by atoms with Crippen LogP contribution in [0.4, 0.5) is 5.69 Å². The second-order valence-corrected chi connectivity index (χ2v) is 5.82. The van der Waals surface area contributed by atoms with Crippen LogP contribution < -0.4 is 15.4 Å². The SMILES string of the molecule is CC(C)Oc1ncccc1NC(=O)C1(C)CCCNC1. The molecular weight excluding hydrogens is 254 g/mol. The molecule has 0 aliphatic carbocycles. The summed E-state index contributed by atoms with van der Waals surface area (Å²) in [4.78, 5) is 16.7. The summed E-state index contributed by atoms with van der Waals surface area (Å²) in [6.45, 7) is 7.56. The molecule has 1 aliphatic heterocycles. The van der Waals surface area contributed by atoms with Crippen molar-refractivity contribution in [3.63, 3.8) is 0 Å². The summed E-state index contributed by atoms with van der Waals surface area (Å²) >= 11 is 0. The van der Waals surface area contributed by atoms with Gasteiger partial charge in [-0.15, -0.1) is 0 Å². The highest BCUT2D eigenvalue weighted by molar-refractivity contribution is 5.96. The van der Waals surface area contributed by atoms with Gasteiger partial charge in [-0.25, -0.2) is 4.98 Å². The molecule has 0 bridgehead atoms. The Morgan fingerprint density at radius 1 is 1.55 bits per heavy atom. The van der Waals surface area contributed by atoms with Crippen molar-refractivity contribution < 1.29 is 9.53 Å². The van der Waals surface area contributed by atoms with Crippen molar-refractivity contribution in [1.29, 1.82) is 0 Å². The van der Waals surface area contributed by atoms with E-state index in [1.807, 2.05) is 26.8 Å². The van der Waals surface area contributed by atoms with Crippen LogP contribution in [0.3, 0.4) is 0 Å². The van der Waals surface area contributed by atoms with Gasteiger partial charge in [0.2, 0.25) is 11.8 Å². The lowest BCUT2D eigenvalue weighted by Gasteiger charge is -2.32. The summed E-state index contributed by atoms with van der Waals surface area (Å²) in [5.41, 5.74) is 0.265.